The zero-order valence-electron chi connectivity index (χ0n) is 14.1. The van der Waals surface area contributed by atoms with Gasteiger partial charge in [-0.3, -0.25) is 9.78 Å². The second-order valence-corrected chi connectivity index (χ2v) is 6.70. The topological polar surface area (TPSA) is 98.1 Å². The average molecular weight is 350 g/mol. The molecule has 2 aliphatic rings. The normalized spacial score (nSPS) is 20.9. The minimum Gasteiger partial charge on any atom is -0.632 e. The third-order valence-electron chi connectivity index (χ3n) is 4.91. The Morgan fingerprint density at radius 2 is 2.12 bits per heavy atom. The Kier molecular flexibility index (Phi) is 4.17. The maximum atomic E-state index is 12.7. The van der Waals surface area contributed by atoms with E-state index in [-0.39, 0.29) is 10.6 Å². The molecule has 1 aromatic carbocycles. The van der Waals surface area contributed by atoms with Crippen molar-refractivity contribution in [2.24, 2.45) is 0 Å². The van der Waals surface area contributed by atoms with E-state index < -0.39 is 5.92 Å². The Morgan fingerprint density at radius 3 is 2.81 bits per heavy atom. The molecule has 1 saturated heterocycles. The van der Waals surface area contributed by atoms with Gasteiger partial charge < -0.3 is 19.9 Å². The lowest BCUT2D eigenvalue weighted by atomic mass is 9.95. The molecule has 3 heterocycles. The molecule has 1 aromatic heterocycles. The Morgan fingerprint density at radius 1 is 1.31 bits per heavy atom. The van der Waals surface area contributed by atoms with Crippen LogP contribution in [0.5, 0.6) is 0 Å². The van der Waals surface area contributed by atoms with E-state index in [0.717, 1.165) is 11.1 Å². The first-order valence-electron chi connectivity index (χ1n) is 8.53. The second-order valence-electron chi connectivity index (χ2n) is 6.70. The number of fused-ring (bicyclic) bond motifs is 1. The van der Waals surface area contributed by atoms with Crippen LogP contribution in [0.25, 0.3) is 0 Å². The highest BCUT2D eigenvalue weighted by Crippen LogP contribution is 2.37. The number of carbonyl (C=O) groups is 1. The summed E-state index contributed by atoms with van der Waals surface area (Å²) in [4.78, 5) is 16.8. The van der Waals surface area contributed by atoms with E-state index in [4.69, 9.17) is 10.00 Å². The van der Waals surface area contributed by atoms with Crippen LogP contribution < -0.4 is 5.32 Å². The van der Waals surface area contributed by atoms with E-state index in [1.165, 1.54) is 0 Å². The summed E-state index contributed by atoms with van der Waals surface area (Å²) in [5.74, 6) is -0.693. The number of nitriles is 1. The number of hydrogen-bond donors (Lipinski definition) is 1. The highest BCUT2D eigenvalue weighted by Gasteiger charge is 2.33. The summed E-state index contributed by atoms with van der Waals surface area (Å²) >= 11 is 0. The summed E-state index contributed by atoms with van der Waals surface area (Å²) in [5.41, 5.74) is 3.43. The zero-order chi connectivity index (χ0) is 18.1. The highest BCUT2D eigenvalue weighted by atomic mass is 16.6. The number of hydrogen-bond acceptors (Lipinski definition) is 5. The zero-order valence-corrected chi connectivity index (χ0v) is 14.1. The maximum Gasteiger partial charge on any atom is 0.238 e. The minimum absolute atomic E-state index is 0.157. The summed E-state index contributed by atoms with van der Waals surface area (Å²) in [6, 6.07) is 10.9. The third kappa shape index (κ3) is 3.06. The molecule has 0 saturated carbocycles. The van der Waals surface area contributed by atoms with Gasteiger partial charge in [-0.05, 0) is 35.9 Å². The average Bonchev–Trinajstić information content (AvgIpc) is 2.97. The van der Waals surface area contributed by atoms with E-state index >= 15 is 0 Å². The fraction of sp³-hybridized carbons (Fsp3) is 0.316. The van der Waals surface area contributed by atoms with Crippen LogP contribution in [-0.2, 0) is 16.1 Å². The quantitative estimate of drug-likeness (QED) is 0.673. The van der Waals surface area contributed by atoms with Gasteiger partial charge in [0, 0.05) is 17.4 Å². The molecule has 1 N–H and O–H groups in total. The van der Waals surface area contributed by atoms with Crippen LogP contribution >= 0.6 is 0 Å². The molecule has 2 aliphatic heterocycles. The Hall–Kier alpha value is -2.79. The Labute approximate surface area is 151 Å². The summed E-state index contributed by atoms with van der Waals surface area (Å²) in [7, 11) is 0. The van der Waals surface area contributed by atoms with Gasteiger partial charge in [0.15, 0.2) is 0 Å². The SMILES string of the molecule is N#Cc1ccc2c(c1)C(c1ccc(C[N+]3([O-])CCOCC3)cn1)C(=O)N2. The summed E-state index contributed by atoms with van der Waals surface area (Å²) in [6.07, 6.45) is 1.67. The maximum absolute atomic E-state index is 12.7. The molecule has 0 spiro atoms. The van der Waals surface area contributed by atoms with Crippen LogP contribution in [0.4, 0.5) is 5.69 Å². The second kappa shape index (κ2) is 6.50. The fourth-order valence-electron chi connectivity index (χ4n) is 3.49. The molecule has 7 nitrogen and oxygen atoms in total. The standard InChI is InChI=1S/C19H18N4O3/c20-10-13-1-3-16-15(9-13)18(19(24)22-16)17-4-2-14(11-21-17)12-23(25)5-7-26-8-6-23/h1-4,9,11,18H,5-8,12H2,(H,22,24). The van der Waals surface area contributed by atoms with Crippen molar-refractivity contribution in [3.8, 4) is 6.07 Å². The summed E-state index contributed by atoms with van der Waals surface area (Å²) in [5, 5.41) is 24.6. The van der Waals surface area contributed by atoms with E-state index in [0.29, 0.717) is 49.8 Å². The molecule has 0 aliphatic carbocycles. The number of hydroxylamine groups is 3. The first kappa shape index (κ1) is 16.7. The van der Waals surface area contributed by atoms with E-state index in [1.54, 1.807) is 30.5 Å². The predicted octanol–water partition coefficient (Wildman–Crippen LogP) is 1.88. The molecule has 1 fully saturated rings. The molecule has 1 atom stereocenters. The molecule has 1 unspecified atom stereocenters. The molecule has 1 amide bonds. The number of morpholine rings is 1. The van der Waals surface area contributed by atoms with Gasteiger partial charge in [-0.1, -0.05) is 0 Å². The molecule has 2 aromatic rings. The van der Waals surface area contributed by atoms with Crippen LogP contribution in [0.2, 0.25) is 0 Å². The molecule has 7 heteroatoms. The van der Waals surface area contributed by atoms with Gasteiger partial charge in [0.2, 0.25) is 5.91 Å². The van der Waals surface area contributed by atoms with Gasteiger partial charge >= 0.3 is 0 Å². The van der Waals surface area contributed by atoms with Crippen molar-refractivity contribution in [2.75, 3.05) is 31.6 Å². The van der Waals surface area contributed by atoms with Crippen molar-refractivity contribution < 1.29 is 14.2 Å². The van der Waals surface area contributed by atoms with Crippen molar-refractivity contribution >= 4 is 11.6 Å². The summed E-state index contributed by atoms with van der Waals surface area (Å²) < 4.78 is 4.95. The van der Waals surface area contributed by atoms with Gasteiger partial charge in [0.25, 0.3) is 0 Å². The smallest absolute Gasteiger partial charge is 0.238 e. The molecule has 0 radical (unpaired) electrons. The first-order chi connectivity index (χ1) is 12.6. The molecular weight excluding hydrogens is 332 g/mol. The molecule has 132 valence electrons. The highest BCUT2D eigenvalue weighted by molar-refractivity contribution is 6.04. The number of rotatable bonds is 3. The van der Waals surface area contributed by atoms with Crippen molar-refractivity contribution in [3.05, 3.63) is 64.1 Å². The monoisotopic (exact) mass is 350 g/mol. The van der Waals surface area contributed by atoms with Crippen molar-refractivity contribution in [2.45, 2.75) is 12.5 Å². The van der Waals surface area contributed by atoms with Crippen molar-refractivity contribution in [1.82, 2.24) is 4.98 Å². The largest absolute Gasteiger partial charge is 0.632 e. The lowest BCUT2D eigenvalue weighted by Crippen LogP contribution is -2.49. The van der Waals surface area contributed by atoms with Gasteiger partial charge in [-0.25, -0.2) is 0 Å². The van der Waals surface area contributed by atoms with Crippen molar-refractivity contribution in [3.63, 3.8) is 0 Å². The number of carbonyl (C=O) groups excluding carboxylic acids is 1. The number of aromatic nitrogens is 1. The number of nitrogens with zero attached hydrogens (tertiary/aromatic N) is 3. The van der Waals surface area contributed by atoms with E-state index in [9.17, 15) is 10.0 Å². The third-order valence-corrected chi connectivity index (χ3v) is 4.91. The molecule has 4 rings (SSSR count). The Balaban J connectivity index is 1.58. The number of nitrogens with one attached hydrogen (secondary N) is 1. The van der Waals surface area contributed by atoms with Crippen molar-refractivity contribution in [1.29, 1.82) is 5.26 Å². The van der Waals surface area contributed by atoms with E-state index in [1.807, 2.05) is 6.07 Å². The van der Waals surface area contributed by atoms with Crippen LogP contribution in [0.3, 0.4) is 0 Å². The lowest BCUT2D eigenvalue weighted by Gasteiger charge is -2.45. The predicted molar refractivity (Wildman–Crippen MR) is 93.8 cm³/mol. The summed E-state index contributed by atoms with van der Waals surface area (Å²) in [6.45, 7) is 2.20. The lowest BCUT2D eigenvalue weighted by molar-refractivity contribution is -0.901. The number of anilines is 1. The van der Waals surface area contributed by atoms with Crippen LogP contribution in [-0.4, -0.2) is 41.8 Å². The molecule has 0 bridgehead atoms. The van der Waals surface area contributed by atoms with E-state index in [2.05, 4.69) is 16.4 Å². The van der Waals surface area contributed by atoms with Crippen LogP contribution in [0, 0.1) is 16.5 Å². The van der Waals surface area contributed by atoms with Gasteiger partial charge in [-0.15, -0.1) is 0 Å². The Bertz CT molecular complexity index is 883. The fourth-order valence-corrected chi connectivity index (χ4v) is 3.49. The molecule has 26 heavy (non-hydrogen) atoms. The minimum atomic E-state index is -0.536. The van der Waals surface area contributed by atoms with Gasteiger partial charge in [-0.2, -0.15) is 5.26 Å². The van der Waals surface area contributed by atoms with Crippen LogP contribution in [0.15, 0.2) is 36.5 Å². The van der Waals surface area contributed by atoms with Gasteiger partial charge in [0.05, 0.1) is 30.5 Å². The number of benzene rings is 1. The number of amides is 1. The van der Waals surface area contributed by atoms with Crippen LogP contribution in [0.1, 0.15) is 28.3 Å². The molecular formula is C19H18N4O3. The number of quaternary nitrogens is 1. The van der Waals surface area contributed by atoms with Gasteiger partial charge in [0.1, 0.15) is 25.6 Å². The number of pyridine rings is 1. The first-order valence-corrected chi connectivity index (χ1v) is 8.53. The number of ether oxygens (including phenoxy) is 1.